The van der Waals surface area contributed by atoms with Crippen molar-refractivity contribution in [2.75, 3.05) is 14.2 Å². The summed E-state index contributed by atoms with van der Waals surface area (Å²) in [6.07, 6.45) is 15.7. The van der Waals surface area contributed by atoms with E-state index in [0.29, 0.717) is 17.9 Å². The van der Waals surface area contributed by atoms with E-state index in [4.69, 9.17) is 19.6 Å². The lowest BCUT2D eigenvalue weighted by Gasteiger charge is -2.17. The lowest BCUT2D eigenvalue weighted by molar-refractivity contribution is 0.395. The number of hydrogen-bond donors (Lipinski definition) is 0. The Morgan fingerprint density at radius 3 is 2.65 bits per heavy atom. The van der Waals surface area contributed by atoms with Gasteiger partial charge in [-0.15, -0.1) is 11.3 Å². The molecule has 0 radical (unpaired) electrons. The van der Waals surface area contributed by atoms with Crippen LogP contribution in [0.3, 0.4) is 0 Å². The van der Waals surface area contributed by atoms with E-state index < -0.39 is 0 Å². The molecule has 2 bridgehead atoms. The summed E-state index contributed by atoms with van der Waals surface area (Å²) in [4.78, 5) is 6.12. The minimum atomic E-state index is 0.407. The SMILES string of the molecule is COc1ccc(-c2csc(=NC3CCCCC3)n2N=CC2CC3C=CC2C3)c(OC)c1. The van der Waals surface area contributed by atoms with E-state index in [1.165, 1.54) is 44.9 Å². The number of allylic oxidation sites excluding steroid dienone is 2. The van der Waals surface area contributed by atoms with Crippen molar-refractivity contribution in [2.24, 2.45) is 27.8 Å². The van der Waals surface area contributed by atoms with Crippen LogP contribution >= 0.6 is 11.3 Å². The number of rotatable bonds is 6. The maximum absolute atomic E-state index is 5.69. The molecule has 0 N–H and O–H groups in total. The Kier molecular flexibility index (Phi) is 5.99. The summed E-state index contributed by atoms with van der Waals surface area (Å²) in [6, 6.07) is 6.36. The lowest BCUT2D eigenvalue weighted by Crippen LogP contribution is -2.20. The van der Waals surface area contributed by atoms with Crippen LogP contribution < -0.4 is 14.3 Å². The number of ether oxygens (including phenoxy) is 2. The Labute approximate surface area is 188 Å². The van der Waals surface area contributed by atoms with Gasteiger partial charge in [0.05, 0.1) is 26.0 Å². The fourth-order valence-corrected chi connectivity index (χ4v) is 6.11. The topological polar surface area (TPSA) is 48.1 Å². The molecule has 0 spiro atoms. The molecule has 3 aliphatic carbocycles. The second-order valence-electron chi connectivity index (χ2n) is 8.91. The van der Waals surface area contributed by atoms with Gasteiger partial charge in [0.1, 0.15) is 11.5 Å². The van der Waals surface area contributed by atoms with E-state index in [2.05, 4.69) is 29.8 Å². The fraction of sp³-hybridized carbons (Fsp3) is 0.520. The maximum atomic E-state index is 5.69. The summed E-state index contributed by atoms with van der Waals surface area (Å²) < 4.78 is 13.1. The zero-order chi connectivity index (χ0) is 21.2. The van der Waals surface area contributed by atoms with E-state index in [9.17, 15) is 0 Å². The van der Waals surface area contributed by atoms with Crippen LogP contribution in [-0.4, -0.2) is 31.2 Å². The molecular weight excluding hydrogens is 406 g/mol. The monoisotopic (exact) mass is 437 g/mol. The smallest absolute Gasteiger partial charge is 0.206 e. The summed E-state index contributed by atoms with van der Waals surface area (Å²) in [7, 11) is 3.38. The second kappa shape index (κ2) is 9.03. The lowest BCUT2D eigenvalue weighted by atomic mass is 9.95. The van der Waals surface area contributed by atoms with Crippen LogP contribution in [0.5, 0.6) is 11.5 Å². The van der Waals surface area contributed by atoms with Gasteiger partial charge in [-0.05, 0) is 49.7 Å². The van der Waals surface area contributed by atoms with Crippen LogP contribution in [0.15, 0.2) is 45.8 Å². The third-order valence-corrected chi connectivity index (χ3v) is 7.77. The van der Waals surface area contributed by atoms with Gasteiger partial charge in [0.2, 0.25) is 4.80 Å². The molecule has 3 atom stereocenters. The minimum Gasteiger partial charge on any atom is -0.497 e. The van der Waals surface area contributed by atoms with Crippen LogP contribution in [0.1, 0.15) is 44.9 Å². The maximum Gasteiger partial charge on any atom is 0.206 e. The quantitative estimate of drug-likeness (QED) is 0.442. The van der Waals surface area contributed by atoms with Gasteiger partial charge in [-0.2, -0.15) is 5.10 Å². The number of fused-ring (bicyclic) bond motifs is 2. The van der Waals surface area contributed by atoms with Crippen LogP contribution in [-0.2, 0) is 0 Å². The summed E-state index contributed by atoms with van der Waals surface area (Å²) in [6.45, 7) is 0. The number of thiazole rings is 1. The number of hydrogen-bond acceptors (Lipinski definition) is 5. The molecule has 5 rings (SSSR count). The predicted octanol–water partition coefficient (Wildman–Crippen LogP) is 5.51. The highest BCUT2D eigenvalue weighted by atomic mass is 32.1. The van der Waals surface area contributed by atoms with Crippen LogP contribution in [0.2, 0.25) is 0 Å². The highest BCUT2D eigenvalue weighted by Crippen LogP contribution is 2.42. The average Bonchev–Trinajstić information content (AvgIpc) is 3.54. The van der Waals surface area contributed by atoms with Crippen LogP contribution in [0.4, 0.5) is 0 Å². The van der Waals surface area contributed by atoms with Crippen molar-refractivity contribution in [3.8, 4) is 22.8 Å². The molecule has 164 valence electrons. The van der Waals surface area contributed by atoms with E-state index in [0.717, 1.165) is 33.5 Å². The third kappa shape index (κ3) is 4.22. The standard InChI is InChI=1S/C25H31N3O2S/c1-29-21-10-11-22(24(14-21)30-2)23-16-31-25(27-20-6-4-3-5-7-20)28(23)26-15-19-13-17-8-9-18(19)12-17/h8-11,14-20H,3-7,12-13H2,1-2H3. The van der Waals surface area contributed by atoms with Gasteiger partial charge in [-0.3, -0.25) is 4.99 Å². The second-order valence-corrected chi connectivity index (χ2v) is 9.75. The van der Waals surface area contributed by atoms with Gasteiger partial charge < -0.3 is 9.47 Å². The van der Waals surface area contributed by atoms with Crippen LogP contribution in [0.25, 0.3) is 11.3 Å². The number of aromatic nitrogens is 1. The summed E-state index contributed by atoms with van der Waals surface area (Å²) in [5.41, 5.74) is 2.03. The first-order valence-corrected chi connectivity index (χ1v) is 12.3. The molecule has 1 aromatic carbocycles. The Morgan fingerprint density at radius 1 is 1.06 bits per heavy atom. The predicted molar refractivity (Wildman–Crippen MR) is 126 cm³/mol. The van der Waals surface area contributed by atoms with E-state index in [1.807, 2.05) is 16.8 Å². The van der Waals surface area contributed by atoms with Gasteiger partial charge in [0.25, 0.3) is 0 Å². The first-order valence-electron chi connectivity index (χ1n) is 11.4. The average molecular weight is 438 g/mol. The van der Waals surface area contributed by atoms with E-state index >= 15 is 0 Å². The first kappa shape index (κ1) is 20.6. The highest BCUT2D eigenvalue weighted by molar-refractivity contribution is 7.07. The summed E-state index contributed by atoms with van der Waals surface area (Å²) in [5.74, 6) is 3.47. The minimum absolute atomic E-state index is 0.407. The van der Waals surface area contributed by atoms with Gasteiger partial charge in [0, 0.05) is 29.1 Å². The van der Waals surface area contributed by atoms with Gasteiger partial charge in [-0.25, -0.2) is 4.68 Å². The molecule has 1 aromatic heterocycles. The molecule has 2 saturated carbocycles. The molecule has 0 aliphatic heterocycles. The van der Waals surface area contributed by atoms with Crippen LogP contribution in [0, 0.1) is 17.8 Å². The summed E-state index contributed by atoms with van der Waals surface area (Å²) >= 11 is 1.67. The fourth-order valence-electron chi connectivity index (χ4n) is 5.21. The van der Waals surface area contributed by atoms with E-state index in [-0.39, 0.29) is 0 Å². The highest BCUT2D eigenvalue weighted by Gasteiger charge is 2.34. The molecule has 5 nitrogen and oxygen atoms in total. The van der Waals surface area contributed by atoms with Crippen molar-refractivity contribution in [2.45, 2.75) is 51.0 Å². The summed E-state index contributed by atoms with van der Waals surface area (Å²) in [5, 5.41) is 7.17. The van der Waals surface area contributed by atoms with Gasteiger partial charge in [0.15, 0.2) is 0 Å². The molecule has 0 saturated heterocycles. The molecular formula is C25H31N3O2S. The van der Waals surface area contributed by atoms with Crippen molar-refractivity contribution >= 4 is 17.6 Å². The largest absolute Gasteiger partial charge is 0.497 e. The molecule has 2 fully saturated rings. The van der Waals surface area contributed by atoms with Crippen molar-refractivity contribution in [1.29, 1.82) is 0 Å². The molecule has 0 amide bonds. The van der Waals surface area contributed by atoms with Crippen molar-refractivity contribution in [1.82, 2.24) is 4.68 Å². The number of nitrogens with zero attached hydrogens (tertiary/aromatic N) is 3. The number of benzene rings is 1. The third-order valence-electron chi connectivity index (χ3n) is 6.94. The Bertz CT molecular complexity index is 1050. The molecule has 31 heavy (non-hydrogen) atoms. The first-order chi connectivity index (χ1) is 15.2. The van der Waals surface area contributed by atoms with Crippen molar-refractivity contribution < 1.29 is 9.47 Å². The van der Waals surface area contributed by atoms with Gasteiger partial charge >= 0.3 is 0 Å². The normalized spacial score (nSPS) is 26.3. The molecule has 2 aromatic rings. The molecule has 6 heteroatoms. The van der Waals surface area contributed by atoms with Crippen molar-refractivity contribution in [3.05, 3.63) is 40.5 Å². The van der Waals surface area contributed by atoms with Gasteiger partial charge in [-0.1, -0.05) is 31.4 Å². The van der Waals surface area contributed by atoms with Crippen molar-refractivity contribution in [3.63, 3.8) is 0 Å². The Morgan fingerprint density at radius 2 is 1.94 bits per heavy atom. The molecule has 1 heterocycles. The van der Waals surface area contributed by atoms with E-state index in [1.54, 1.807) is 25.6 Å². The molecule has 3 aliphatic rings. The zero-order valence-electron chi connectivity index (χ0n) is 18.4. The Hall–Kier alpha value is -2.34. The molecule has 3 unspecified atom stereocenters. The zero-order valence-corrected chi connectivity index (χ0v) is 19.2. The Balaban J connectivity index is 1.55. The number of methoxy groups -OCH3 is 2.